The second-order valence-corrected chi connectivity index (χ2v) is 4.15. The molecule has 0 fully saturated rings. The van der Waals surface area contributed by atoms with Gasteiger partial charge in [0, 0.05) is 12.1 Å². The third-order valence-electron chi connectivity index (χ3n) is 2.24. The average molecular weight is 272 g/mol. The van der Waals surface area contributed by atoms with Crippen LogP contribution in [0.3, 0.4) is 0 Å². The molecule has 1 aromatic rings. The van der Waals surface area contributed by atoms with Gasteiger partial charge in [0.25, 0.3) is 0 Å². The summed E-state index contributed by atoms with van der Waals surface area (Å²) in [7, 11) is 1.38. The lowest BCUT2D eigenvalue weighted by Gasteiger charge is -2.13. The van der Waals surface area contributed by atoms with Crippen LogP contribution in [0.25, 0.3) is 0 Å². The number of aliphatic carboxylic acids is 1. The van der Waals surface area contributed by atoms with Gasteiger partial charge in [0.1, 0.15) is 0 Å². The number of amides is 1. The van der Waals surface area contributed by atoms with E-state index in [1.165, 1.54) is 7.11 Å². The van der Waals surface area contributed by atoms with Gasteiger partial charge in [-0.15, -0.1) is 0 Å². The maximum absolute atomic E-state index is 11.6. The molecule has 0 aliphatic heterocycles. The van der Waals surface area contributed by atoms with Crippen molar-refractivity contribution >= 4 is 23.5 Å². The van der Waals surface area contributed by atoms with E-state index < -0.39 is 12.0 Å². The van der Waals surface area contributed by atoms with Crippen molar-refractivity contribution in [3.8, 4) is 0 Å². The van der Waals surface area contributed by atoms with Gasteiger partial charge in [-0.3, -0.25) is 4.79 Å². The first-order chi connectivity index (χ1) is 8.52. The van der Waals surface area contributed by atoms with Crippen molar-refractivity contribution in [2.45, 2.75) is 12.5 Å². The van der Waals surface area contributed by atoms with E-state index in [-0.39, 0.29) is 18.9 Å². The molecule has 98 valence electrons. The van der Waals surface area contributed by atoms with Crippen LogP contribution in [-0.2, 0) is 20.7 Å². The number of methoxy groups -OCH3 is 1. The van der Waals surface area contributed by atoms with Crippen molar-refractivity contribution in [3.63, 3.8) is 0 Å². The minimum Gasteiger partial charge on any atom is -0.480 e. The Kier molecular flexibility index (Phi) is 5.61. The Morgan fingerprint density at radius 3 is 2.50 bits per heavy atom. The van der Waals surface area contributed by atoms with E-state index in [9.17, 15) is 9.59 Å². The molecule has 6 heteroatoms. The summed E-state index contributed by atoms with van der Waals surface area (Å²) in [6, 6.07) is 5.75. The van der Waals surface area contributed by atoms with Gasteiger partial charge in [0.2, 0.25) is 5.91 Å². The molecule has 0 aromatic heterocycles. The number of carbonyl (C=O) groups is 2. The lowest BCUT2D eigenvalue weighted by atomic mass is 10.1. The number of carboxylic acids is 1. The van der Waals surface area contributed by atoms with Crippen molar-refractivity contribution in [2.75, 3.05) is 13.7 Å². The van der Waals surface area contributed by atoms with E-state index in [0.717, 1.165) is 5.56 Å². The van der Waals surface area contributed by atoms with Crippen LogP contribution in [0.1, 0.15) is 5.56 Å². The van der Waals surface area contributed by atoms with Crippen LogP contribution >= 0.6 is 11.6 Å². The first kappa shape index (κ1) is 14.5. The summed E-state index contributed by atoms with van der Waals surface area (Å²) < 4.78 is 4.72. The summed E-state index contributed by atoms with van der Waals surface area (Å²) in [6.45, 7) is -0.0678. The molecule has 1 rings (SSSR count). The first-order valence-electron chi connectivity index (χ1n) is 5.28. The number of halogens is 1. The van der Waals surface area contributed by atoms with Crippen LogP contribution in [0, 0.1) is 0 Å². The Morgan fingerprint density at radius 1 is 1.39 bits per heavy atom. The van der Waals surface area contributed by atoms with Gasteiger partial charge >= 0.3 is 5.97 Å². The van der Waals surface area contributed by atoms with Crippen molar-refractivity contribution in [1.29, 1.82) is 0 Å². The predicted molar refractivity (Wildman–Crippen MR) is 66.6 cm³/mol. The Labute approximate surface area is 110 Å². The zero-order valence-corrected chi connectivity index (χ0v) is 10.6. The predicted octanol–water partition coefficient (Wildman–Crippen LogP) is 1.10. The number of hydrogen-bond donors (Lipinski definition) is 2. The van der Waals surface area contributed by atoms with Crippen molar-refractivity contribution in [2.24, 2.45) is 0 Å². The Bertz CT molecular complexity index is 419. The smallest absolute Gasteiger partial charge is 0.328 e. The second-order valence-electron chi connectivity index (χ2n) is 3.72. The minimum absolute atomic E-state index is 0.0678. The number of nitrogens with one attached hydrogen (secondary N) is 1. The number of carbonyl (C=O) groups excluding carboxylic acids is 1. The normalized spacial score (nSPS) is 11.9. The van der Waals surface area contributed by atoms with E-state index in [1.807, 2.05) is 0 Å². The van der Waals surface area contributed by atoms with Crippen LogP contribution in [0.4, 0.5) is 0 Å². The van der Waals surface area contributed by atoms with Gasteiger partial charge in [0.05, 0.1) is 13.0 Å². The summed E-state index contributed by atoms with van der Waals surface area (Å²) in [6.07, 6.45) is 0.102. The van der Waals surface area contributed by atoms with E-state index in [2.05, 4.69) is 5.32 Å². The van der Waals surface area contributed by atoms with Crippen molar-refractivity contribution in [3.05, 3.63) is 34.9 Å². The maximum Gasteiger partial charge on any atom is 0.328 e. The van der Waals surface area contributed by atoms with Crippen molar-refractivity contribution in [1.82, 2.24) is 5.32 Å². The standard InChI is InChI=1S/C12H14ClNO4/c1-18-7-10(12(16)17)14-11(15)6-8-2-4-9(13)5-3-8/h2-5,10H,6-7H2,1H3,(H,14,15)(H,16,17). The highest BCUT2D eigenvalue weighted by Crippen LogP contribution is 2.09. The van der Waals surface area contributed by atoms with E-state index in [0.29, 0.717) is 5.02 Å². The summed E-state index contributed by atoms with van der Waals surface area (Å²) in [5.41, 5.74) is 0.762. The molecule has 0 bridgehead atoms. The third kappa shape index (κ3) is 4.73. The first-order valence-corrected chi connectivity index (χ1v) is 5.66. The van der Waals surface area contributed by atoms with Gasteiger partial charge in [-0.2, -0.15) is 0 Å². The molecular formula is C12H14ClNO4. The van der Waals surface area contributed by atoms with Crippen LogP contribution in [0.5, 0.6) is 0 Å². The van der Waals surface area contributed by atoms with Gasteiger partial charge in [-0.25, -0.2) is 4.79 Å². The fraction of sp³-hybridized carbons (Fsp3) is 0.333. The zero-order chi connectivity index (χ0) is 13.5. The van der Waals surface area contributed by atoms with Gasteiger partial charge in [-0.05, 0) is 17.7 Å². The molecule has 0 heterocycles. The van der Waals surface area contributed by atoms with Crippen molar-refractivity contribution < 1.29 is 19.4 Å². The molecule has 5 nitrogen and oxygen atoms in total. The molecule has 0 saturated heterocycles. The number of benzene rings is 1. The average Bonchev–Trinajstić information content (AvgIpc) is 2.31. The largest absolute Gasteiger partial charge is 0.480 e. The maximum atomic E-state index is 11.6. The van der Waals surface area contributed by atoms with Gasteiger partial charge in [-0.1, -0.05) is 23.7 Å². The Balaban J connectivity index is 2.54. The molecule has 2 N–H and O–H groups in total. The number of carboxylic acid groups (broad SMARTS) is 1. The quantitative estimate of drug-likeness (QED) is 0.812. The SMILES string of the molecule is COCC(NC(=O)Cc1ccc(Cl)cc1)C(=O)O. The molecule has 0 saturated carbocycles. The molecule has 1 aromatic carbocycles. The van der Waals surface area contributed by atoms with E-state index in [1.54, 1.807) is 24.3 Å². The van der Waals surface area contributed by atoms with Gasteiger partial charge in [0.15, 0.2) is 6.04 Å². The highest BCUT2D eigenvalue weighted by molar-refractivity contribution is 6.30. The summed E-state index contributed by atoms with van der Waals surface area (Å²) in [4.78, 5) is 22.4. The molecule has 0 aliphatic carbocycles. The molecule has 1 atom stereocenters. The highest BCUT2D eigenvalue weighted by Gasteiger charge is 2.19. The van der Waals surface area contributed by atoms with Gasteiger partial charge < -0.3 is 15.2 Å². The van der Waals surface area contributed by atoms with Crippen LogP contribution in [-0.4, -0.2) is 36.7 Å². The molecular weight excluding hydrogens is 258 g/mol. The number of hydrogen-bond acceptors (Lipinski definition) is 3. The molecule has 1 amide bonds. The fourth-order valence-corrected chi connectivity index (χ4v) is 1.50. The summed E-state index contributed by atoms with van der Waals surface area (Å²) in [5, 5.41) is 11.8. The molecule has 1 unspecified atom stereocenters. The molecule has 18 heavy (non-hydrogen) atoms. The monoisotopic (exact) mass is 271 g/mol. The van der Waals surface area contributed by atoms with E-state index in [4.69, 9.17) is 21.4 Å². The second kappa shape index (κ2) is 6.98. The molecule has 0 radical (unpaired) electrons. The molecule has 0 aliphatic rings. The highest BCUT2D eigenvalue weighted by atomic mass is 35.5. The topological polar surface area (TPSA) is 75.6 Å². The lowest BCUT2D eigenvalue weighted by molar-refractivity contribution is -0.143. The summed E-state index contributed by atoms with van der Waals surface area (Å²) >= 11 is 5.72. The zero-order valence-electron chi connectivity index (χ0n) is 9.85. The summed E-state index contributed by atoms with van der Waals surface area (Å²) in [5.74, 6) is -1.50. The Hall–Kier alpha value is -1.59. The number of ether oxygens (including phenoxy) is 1. The van der Waals surface area contributed by atoms with Crippen LogP contribution in [0.2, 0.25) is 5.02 Å². The molecule has 0 spiro atoms. The number of rotatable bonds is 6. The van der Waals surface area contributed by atoms with Crippen LogP contribution in [0.15, 0.2) is 24.3 Å². The van der Waals surface area contributed by atoms with Crippen LogP contribution < -0.4 is 5.32 Å². The lowest BCUT2D eigenvalue weighted by Crippen LogP contribution is -2.44. The Morgan fingerprint density at radius 2 is 2.00 bits per heavy atom. The minimum atomic E-state index is -1.12. The van der Waals surface area contributed by atoms with E-state index >= 15 is 0 Å². The fourth-order valence-electron chi connectivity index (χ4n) is 1.37. The third-order valence-corrected chi connectivity index (χ3v) is 2.50.